The molecule has 0 aliphatic carbocycles. The lowest BCUT2D eigenvalue weighted by molar-refractivity contribution is -0.132. The quantitative estimate of drug-likeness (QED) is 0.582. The van der Waals surface area contributed by atoms with Crippen LogP contribution < -0.4 is 5.32 Å². The van der Waals surface area contributed by atoms with Gasteiger partial charge in [-0.05, 0) is 42.5 Å². The molecule has 0 radical (unpaired) electrons. The minimum Gasteiger partial charge on any atom is -0.477 e. The Balaban J connectivity index is 1.84. The second-order valence-corrected chi connectivity index (χ2v) is 6.33. The van der Waals surface area contributed by atoms with Gasteiger partial charge in [0.25, 0.3) is 5.91 Å². The zero-order valence-electron chi connectivity index (χ0n) is 13.8. The average molecular weight is 402 g/mol. The van der Waals surface area contributed by atoms with Crippen molar-refractivity contribution in [2.45, 2.75) is 0 Å². The molecule has 0 aliphatic heterocycles. The molecule has 0 saturated carbocycles. The van der Waals surface area contributed by atoms with Gasteiger partial charge in [0.1, 0.15) is 17.2 Å². The molecule has 0 saturated heterocycles. The largest absolute Gasteiger partial charge is 0.477 e. The monoisotopic (exact) mass is 401 g/mol. The van der Waals surface area contributed by atoms with E-state index in [0.29, 0.717) is 26.9 Å². The Bertz CT molecular complexity index is 1030. The molecule has 0 fully saturated rings. The van der Waals surface area contributed by atoms with Crippen molar-refractivity contribution >= 4 is 41.2 Å². The number of furan rings is 1. The fraction of sp³-hybridized carbons (Fsp3) is 0. The molecule has 27 heavy (non-hydrogen) atoms. The first-order valence-corrected chi connectivity index (χ1v) is 8.56. The zero-order valence-corrected chi connectivity index (χ0v) is 15.3. The number of carboxylic acids is 1. The van der Waals surface area contributed by atoms with Gasteiger partial charge in [0, 0.05) is 17.2 Å². The van der Waals surface area contributed by atoms with Crippen molar-refractivity contribution in [3.63, 3.8) is 0 Å². The van der Waals surface area contributed by atoms with E-state index in [0.717, 1.165) is 0 Å². The normalized spacial score (nSPS) is 11.3. The Labute approximate surface area is 164 Å². The third-order valence-corrected chi connectivity index (χ3v) is 4.37. The standard InChI is InChI=1S/C20H13Cl2NO4/c21-15-8-6-13(10-16(15)22)18-9-7-14(27-18)11-17(20(25)26)23-19(24)12-4-2-1-3-5-12/h1-11H,(H,23,24)(H,25,26)/b17-11+. The summed E-state index contributed by atoms with van der Waals surface area (Å²) in [5.41, 5.74) is 0.730. The Morgan fingerprint density at radius 3 is 2.37 bits per heavy atom. The molecule has 0 spiro atoms. The fourth-order valence-electron chi connectivity index (χ4n) is 2.31. The highest BCUT2D eigenvalue weighted by atomic mass is 35.5. The summed E-state index contributed by atoms with van der Waals surface area (Å²) in [5, 5.41) is 12.5. The van der Waals surface area contributed by atoms with Gasteiger partial charge in [-0.2, -0.15) is 0 Å². The SMILES string of the molecule is O=C(O)/C(=C\c1ccc(-c2ccc(Cl)c(Cl)c2)o1)NC(=O)c1ccccc1. The van der Waals surface area contributed by atoms with Crippen LogP contribution in [0.4, 0.5) is 0 Å². The molecule has 0 unspecified atom stereocenters. The van der Waals surface area contributed by atoms with E-state index >= 15 is 0 Å². The molecule has 7 heteroatoms. The molecule has 3 rings (SSSR count). The lowest BCUT2D eigenvalue weighted by Crippen LogP contribution is -2.27. The minimum absolute atomic E-state index is 0.266. The minimum atomic E-state index is -1.29. The Morgan fingerprint density at radius 2 is 1.70 bits per heavy atom. The number of hydrogen-bond donors (Lipinski definition) is 2. The summed E-state index contributed by atoms with van der Waals surface area (Å²) in [7, 11) is 0. The van der Waals surface area contributed by atoms with Crippen molar-refractivity contribution in [3.05, 3.63) is 87.7 Å². The van der Waals surface area contributed by atoms with Crippen LogP contribution in [0.1, 0.15) is 16.1 Å². The van der Waals surface area contributed by atoms with E-state index in [1.165, 1.54) is 6.08 Å². The van der Waals surface area contributed by atoms with E-state index in [9.17, 15) is 14.7 Å². The fourth-order valence-corrected chi connectivity index (χ4v) is 2.61. The molecule has 1 amide bonds. The van der Waals surface area contributed by atoms with Crippen LogP contribution in [0.15, 0.2) is 70.8 Å². The summed E-state index contributed by atoms with van der Waals surface area (Å²) < 4.78 is 5.64. The second kappa shape index (κ2) is 8.12. The highest BCUT2D eigenvalue weighted by Crippen LogP contribution is 2.30. The molecule has 3 aromatic rings. The van der Waals surface area contributed by atoms with Gasteiger partial charge >= 0.3 is 5.97 Å². The second-order valence-electron chi connectivity index (χ2n) is 5.51. The van der Waals surface area contributed by atoms with Gasteiger partial charge in [-0.25, -0.2) is 4.79 Å². The van der Waals surface area contributed by atoms with Crippen LogP contribution in [0.2, 0.25) is 10.0 Å². The van der Waals surface area contributed by atoms with E-state index in [-0.39, 0.29) is 11.5 Å². The van der Waals surface area contributed by atoms with Crippen LogP contribution in [0.3, 0.4) is 0 Å². The average Bonchev–Trinajstić information content (AvgIpc) is 3.12. The first-order valence-electron chi connectivity index (χ1n) is 7.80. The van der Waals surface area contributed by atoms with Crippen LogP contribution in [0, 0.1) is 0 Å². The molecule has 2 N–H and O–H groups in total. The van der Waals surface area contributed by atoms with E-state index < -0.39 is 11.9 Å². The number of rotatable bonds is 5. The van der Waals surface area contributed by atoms with Gasteiger partial charge in [0.2, 0.25) is 0 Å². The van der Waals surface area contributed by atoms with E-state index in [1.54, 1.807) is 60.7 Å². The van der Waals surface area contributed by atoms with E-state index in [2.05, 4.69) is 5.32 Å². The number of nitrogens with one attached hydrogen (secondary N) is 1. The Hall–Kier alpha value is -3.02. The van der Waals surface area contributed by atoms with Crippen LogP contribution >= 0.6 is 23.2 Å². The third kappa shape index (κ3) is 4.58. The summed E-state index contributed by atoms with van der Waals surface area (Å²) >= 11 is 11.9. The highest BCUT2D eigenvalue weighted by Gasteiger charge is 2.14. The van der Waals surface area contributed by atoms with Gasteiger partial charge in [-0.3, -0.25) is 4.79 Å². The van der Waals surface area contributed by atoms with Gasteiger partial charge in [0.15, 0.2) is 0 Å². The maximum Gasteiger partial charge on any atom is 0.352 e. The molecule has 2 aromatic carbocycles. The highest BCUT2D eigenvalue weighted by molar-refractivity contribution is 6.42. The number of aliphatic carboxylic acids is 1. The van der Waals surface area contributed by atoms with E-state index in [4.69, 9.17) is 27.6 Å². The van der Waals surface area contributed by atoms with Crippen molar-refractivity contribution < 1.29 is 19.1 Å². The molecule has 0 aliphatic rings. The molecule has 5 nitrogen and oxygen atoms in total. The molecule has 1 aromatic heterocycles. The Kier molecular flexibility index (Phi) is 5.64. The number of carbonyl (C=O) groups excluding carboxylic acids is 1. The number of carbonyl (C=O) groups is 2. The van der Waals surface area contributed by atoms with Crippen LogP contribution in [0.5, 0.6) is 0 Å². The van der Waals surface area contributed by atoms with Crippen LogP contribution in [-0.2, 0) is 4.79 Å². The molecule has 0 atom stereocenters. The zero-order chi connectivity index (χ0) is 19.4. The van der Waals surface area contributed by atoms with Crippen molar-refractivity contribution in [1.82, 2.24) is 5.32 Å². The van der Waals surface area contributed by atoms with Crippen LogP contribution in [0.25, 0.3) is 17.4 Å². The van der Waals surface area contributed by atoms with Crippen molar-refractivity contribution in [2.75, 3.05) is 0 Å². The summed E-state index contributed by atoms with van der Waals surface area (Å²) in [6.07, 6.45) is 1.24. The summed E-state index contributed by atoms with van der Waals surface area (Å²) in [5.74, 6) is -1.06. The molecular weight excluding hydrogens is 389 g/mol. The maximum absolute atomic E-state index is 12.2. The van der Waals surface area contributed by atoms with Crippen molar-refractivity contribution in [3.8, 4) is 11.3 Å². The summed E-state index contributed by atoms with van der Waals surface area (Å²) in [4.78, 5) is 23.6. The first kappa shape index (κ1) is 18.8. The number of halogens is 2. The van der Waals surface area contributed by atoms with Crippen LogP contribution in [-0.4, -0.2) is 17.0 Å². The van der Waals surface area contributed by atoms with Gasteiger partial charge in [-0.15, -0.1) is 0 Å². The third-order valence-electron chi connectivity index (χ3n) is 3.63. The topological polar surface area (TPSA) is 79.5 Å². The lowest BCUT2D eigenvalue weighted by Gasteiger charge is -2.05. The van der Waals surface area contributed by atoms with E-state index in [1.807, 2.05) is 0 Å². The predicted octanol–water partition coefficient (Wildman–Crippen LogP) is 5.11. The molecular formula is C20H13Cl2NO4. The van der Waals surface area contributed by atoms with Gasteiger partial charge < -0.3 is 14.8 Å². The number of carboxylic acid groups (broad SMARTS) is 1. The molecule has 136 valence electrons. The molecule has 0 bridgehead atoms. The van der Waals surface area contributed by atoms with Crippen molar-refractivity contribution in [2.24, 2.45) is 0 Å². The Morgan fingerprint density at radius 1 is 0.963 bits per heavy atom. The smallest absolute Gasteiger partial charge is 0.352 e. The number of hydrogen-bond acceptors (Lipinski definition) is 3. The lowest BCUT2D eigenvalue weighted by atomic mass is 10.2. The van der Waals surface area contributed by atoms with Gasteiger partial charge in [0.05, 0.1) is 10.0 Å². The first-order chi connectivity index (χ1) is 12.9. The number of amides is 1. The molecule has 1 heterocycles. The van der Waals surface area contributed by atoms with Gasteiger partial charge in [-0.1, -0.05) is 41.4 Å². The predicted molar refractivity (Wildman–Crippen MR) is 104 cm³/mol. The summed E-state index contributed by atoms with van der Waals surface area (Å²) in [6, 6.07) is 16.6. The van der Waals surface area contributed by atoms with Crippen molar-refractivity contribution in [1.29, 1.82) is 0 Å². The summed E-state index contributed by atoms with van der Waals surface area (Å²) in [6.45, 7) is 0. The number of benzene rings is 2. The maximum atomic E-state index is 12.2.